The SMILES string of the molecule is Cc1cc(C(O)[C@H]2CCCN2)cs1. The van der Waals surface area contributed by atoms with E-state index in [0.717, 1.165) is 18.5 Å². The summed E-state index contributed by atoms with van der Waals surface area (Å²) < 4.78 is 0. The smallest absolute Gasteiger partial charge is 0.0951 e. The largest absolute Gasteiger partial charge is 0.387 e. The highest BCUT2D eigenvalue weighted by Crippen LogP contribution is 2.26. The molecule has 0 bridgehead atoms. The Hall–Kier alpha value is -0.380. The predicted octanol–water partition coefficient (Wildman–Crippen LogP) is 1.84. The maximum atomic E-state index is 9.98. The molecule has 0 aromatic carbocycles. The molecule has 2 rings (SSSR count). The van der Waals surface area contributed by atoms with Crippen LogP contribution < -0.4 is 5.32 Å². The molecule has 0 spiro atoms. The predicted molar refractivity (Wildman–Crippen MR) is 55.0 cm³/mol. The highest BCUT2D eigenvalue weighted by molar-refractivity contribution is 7.10. The molecule has 3 heteroatoms. The van der Waals surface area contributed by atoms with Crippen LogP contribution in [0.3, 0.4) is 0 Å². The molecule has 0 aliphatic carbocycles. The third-order valence-corrected chi connectivity index (χ3v) is 3.45. The van der Waals surface area contributed by atoms with Gasteiger partial charge >= 0.3 is 0 Å². The molecule has 1 unspecified atom stereocenters. The summed E-state index contributed by atoms with van der Waals surface area (Å²) >= 11 is 1.70. The molecule has 0 saturated carbocycles. The lowest BCUT2D eigenvalue weighted by atomic mass is 10.0. The number of hydrogen-bond acceptors (Lipinski definition) is 3. The van der Waals surface area contributed by atoms with Crippen LogP contribution >= 0.6 is 11.3 Å². The van der Waals surface area contributed by atoms with Gasteiger partial charge in [-0.25, -0.2) is 0 Å². The zero-order valence-corrected chi connectivity index (χ0v) is 8.60. The lowest BCUT2D eigenvalue weighted by Gasteiger charge is -2.16. The van der Waals surface area contributed by atoms with Crippen LogP contribution in [-0.4, -0.2) is 17.7 Å². The Bertz CT molecular complexity index is 278. The molecule has 1 aromatic rings. The van der Waals surface area contributed by atoms with Gasteiger partial charge in [-0.15, -0.1) is 11.3 Å². The molecule has 1 aliphatic rings. The van der Waals surface area contributed by atoms with Gasteiger partial charge in [0.1, 0.15) is 0 Å². The first-order valence-corrected chi connectivity index (χ1v) is 5.62. The van der Waals surface area contributed by atoms with Crippen molar-refractivity contribution in [3.05, 3.63) is 21.9 Å². The number of aliphatic hydroxyl groups is 1. The van der Waals surface area contributed by atoms with Gasteiger partial charge < -0.3 is 10.4 Å². The van der Waals surface area contributed by atoms with E-state index in [9.17, 15) is 5.11 Å². The van der Waals surface area contributed by atoms with Gasteiger partial charge in [0.2, 0.25) is 0 Å². The van der Waals surface area contributed by atoms with Crippen molar-refractivity contribution >= 4 is 11.3 Å². The van der Waals surface area contributed by atoms with Gasteiger partial charge in [0.25, 0.3) is 0 Å². The third-order valence-electron chi connectivity index (χ3n) is 2.57. The Morgan fingerprint density at radius 3 is 3.08 bits per heavy atom. The molecule has 1 saturated heterocycles. The monoisotopic (exact) mass is 197 g/mol. The summed E-state index contributed by atoms with van der Waals surface area (Å²) in [6.07, 6.45) is 1.97. The first-order valence-electron chi connectivity index (χ1n) is 4.74. The van der Waals surface area contributed by atoms with Crippen LogP contribution in [0.5, 0.6) is 0 Å². The van der Waals surface area contributed by atoms with Gasteiger partial charge in [0, 0.05) is 10.9 Å². The second-order valence-electron chi connectivity index (χ2n) is 3.64. The summed E-state index contributed by atoms with van der Waals surface area (Å²) in [6, 6.07) is 2.35. The maximum absolute atomic E-state index is 9.98. The van der Waals surface area contributed by atoms with Crippen LogP contribution in [0.4, 0.5) is 0 Å². The van der Waals surface area contributed by atoms with Gasteiger partial charge in [-0.1, -0.05) is 0 Å². The van der Waals surface area contributed by atoms with Gasteiger partial charge in [-0.05, 0) is 43.3 Å². The highest BCUT2D eigenvalue weighted by Gasteiger charge is 2.24. The molecule has 1 fully saturated rings. The minimum absolute atomic E-state index is 0.272. The summed E-state index contributed by atoms with van der Waals surface area (Å²) in [4.78, 5) is 1.27. The van der Waals surface area contributed by atoms with Gasteiger partial charge in [-0.3, -0.25) is 0 Å². The fourth-order valence-electron chi connectivity index (χ4n) is 1.83. The van der Waals surface area contributed by atoms with Crippen LogP contribution in [0.25, 0.3) is 0 Å². The summed E-state index contributed by atoms with van der Waals surface area (Å²) in [5.74, 6) is 0. The van der Waals surface area contributed by atoms with Crippen molar-refractivity contribution in [2.75, 3.05) is 6.54 Å². The van der Waals surface area contributed by atoms with E-state index in [4.69, 9.17) is 0 Å². The second kappa shape index (κ2) is 3.78. The van der Waals surface area contributed by atoms with Crippen LogP contribution in [0.2, 0.25) is 0 Å². The van der Waals surface area contributed by atoms with E-state index in [0.29, 0.717) is 0 Å². The second-order valence-corrected chi connectivity index (χ2v) is 4.75. The fraction of sp³-hybridized carbons (Fsp3) is 0.600. The molecule has 2 nitrogen and oxygen atoms in total. The number of aliphatic hydroxyl groups excluding tert-OH is 1. The molecule has 13 heavy (non-hydrogen) atoms. The quantitative estimate of drug-likeness (QED) is 0.758. The normalized spacial score (nSPS) is 24.9. The third kappa shape index (κ3) is 1.93. The first kappa shape index (κ1) is 9.19. The van der Waals surface area contributed by atoms with E-state index < -0.39 is 0 Å². The van der Waals surface area contributed by atoms with Gasteiger partial charge in [-0.2, -0.15) is 0 Å². The highest BCUT2D eigenvalue weighted by atomic mass is 32.1. The Morgan fingerprint density at radius 2 is 2.54 bits per heavy atom. The lowest BCUT2D eigenvalue weighted by Crippen LogP contribution is -2.28. The first-order chi connectivity index (χ1) is 6.27. The van der Waals surface area contributed by atoms with Crippen molar-refractivity contribution in [3.63, 3.8) is 0 Å². The summed E-state index contributed by atoms with van der Waals surface area (Å²) in [5, 5.41) is 15.4. The van der Waals surface area contributed by atoms with E-state index in [1.54, 1.807) is 11.3 Å². The lowest BCUT2D eigenvalue weighted by molar-refractivity contribution is 0.138. The van der Waals surface area contributed by atoms with Gasteiger partial charge in [0.15, 0.2) is 0 Å². The van der Waals surface area contributed by atoms with Crippen LogP contribution in [0.15, 0.2) is 11.4 Å². The average molecular weight is 197 g/mol. The van der Waals surface area contributed by atoms with Crippen molar-refractivity contribution < 1.29 is 5.11 Å². The molecular formula is C10H15NOS. The van der Waals surface area contributed by atoms with Crippen molar-refractivity contribution in [1.29, 1.82) is 0 Å². The van der Waals surface area contributed by atoms with Crippen molar-refractivity contribution in [3.8, 4) is 0 Å². The fourth-order valence-corrected chi connectivity index (χ4v) is 2.57. The molecule has 0 radical (unpaired) electrons. The average Bonchev–Trinajstić information content (AvgIpc) is 2.72. The summed E-state index contributed by atoms with van der Waals surface area (Å²) in [5.41, 5.74) is 1.07. The summed E-state index contributed by atoms with van der Waals surface area (Å²) in [6.45, 7) is 3.12. The van der Waals surface area contributed by atoms with Crippen molar-refractivity contribution in [2.24, 2.45) is 0 Å². The molecule has 2 atom stereocenters. The van der Waals surface area contributed by atoms with Crippen molar-refractivity contribution in [1.82, 2.24) is 5.32 Å². The van der Waals surface area contributed by atoms with E-state index in [-0.39, 0.29) is 12.1 Å². The van der Waals surface area contributed by atoms with Crippen LogP contribution in [0, 0.1) is 6.92 Å². The van der Waals surface area contributed by atoms with E-state index in [1.807, 2.05) is 0 Å². The van der Waals surface area contributed by atoms with Crippen LogP contribution in [-0.2, 0) is 0 Å². The molecule has 1 aliphatic heterocycles. The molecule has 2 N–H and O–H groups in total. The van der Waals surface area contributed by atoms with E-state index in [1.165, 1.54) is 11.3 Å². The Morgan fingerprint density at radius 1 is 1.69 bits per heavy atom. The summed E-state index contributed by atoms with van der Waals surface area (Å²) in [7, 11) is 0. The molecule has 1 aromatic heterocycles. The minimum Gasteiger partial charge on any atom is -0.387 e. The number of rotatable bonds is 2. The van der Waals surface area contributed by atoms with Gasteiger partial charge in [0.05, 0.1) is 6.10 Å². The number of aryl methyl sites for hydroxylation is 1. The van der Waals surface area contributed by atoms with E-state index in [2.05, 4.69) is 23.7 Å². The zero-order chi connectivity index (χ0) is 9.26. The Balaban J connectivity index is 2.07. The van der Waals surface area contributed by atoms with E-state index >= 15 is 0 Å². The van der Waals surface area contributed by atoms with Crippen LogP contribution in [0.1, 0.15) is 29.4 Å². The Labute approximate surface area is 82.6 Å². The Kier molecular flexibility index (Phi) is 2.67. The maximum Gasteiger partial charge on any atom is 0.0951 e. The number of hydrogen-bond donors (Lipinski definition) is 2. The zero-order valence-electron chi connectivity index (χ0n) is 7.79. The number of thiophene rings is 1. The van der Waals surface area contributed by atoms with Crippen molar-refractivity contribution in [2.45, 2.75) is 31.9 Å². The molecular weight excluding hydrogens is 182 g/mol. The molecule has 0 amide bonds. The molecule has 2 heterocycles. The number of nitrogens with one attached hydrogen (secondary N) is 1. The minimum atomic E-state index is -0.313. The topological polar surface area (TPSA) is 32.3 Å². The standard InChI is InChI=1S/C10H15NOS/c1-7-5-8(6-13-7)10(12)9-3-2-4-11-9/h5-6,9-12H,2-4H2,1H3/t9-,10?/m1/s1. The molecule has 72 valence electrons.